The predicted octanol–water partition coefficient (Wildman–Crippen LogP) is 4.44. The Morgan fingerprint density at radius 3 is 2.70 bits per heavy atom. The smallest absolute Gasteiger partial charge is 0.254 e. The van der Waals surface area contributed by atoms with Crippen molar-refractivity contribution < 1.29 is 9.59 Å². The Kier molecular flexibility index (Phi) is 6.41. The number of rotatable bonds is 6. The van der Waals surface area contributed by atoms with Crippen LogP contribution in [0.3, 0.4) is 0 Å². The van der Waals surface area contributed by atoms with Gasteiger partial charge in [0.15, 0.2) is 0 Å². The van der Waals surface area contributed by atoms with Gasteiger partial charge in [-0.2, -0.15) is 4.37 Å². The zero-order chi connectivity index (χ0) is 21.1. The van der Waals surface area contributed by atoms with Gasteiger partial charge in [0.05, 0.1) is 4.70 Å². The van der Waals surface area contributed by atoms with E-state index in [9.17, 15) is 9.59 Å². The van der Waals surface area contributed by atoms with Gasteiger partial charge in [0.2, 0.25) is 5.91 Å². The quantitative estimate of drug-likeness (QED) is 0.531. The molecule has 1 aromatic heterocycles. The van der Waals surface area contributed by atoms with E-state index in [4.69, 9.17) is 23.2 Å². The van der Waals surface area contributed by atoms with Gasteiger partial charge in [-0.05, 0) is 54.7 Å². The number of amides is 2. The Morgan fingerprint density at radius 2 is 1.90 bits per heavy atom. The van der Waals surface area contributed by atoms with Gasteiger partial charge in [-0.25, -0.2) is 0 Å². The van der Waals surface area contributed by atoms with E-state index in [1.807, 2.05) is 24.3 Å². The number of carbonyl (C=O) groups excluding carboxylic acids is 2. The zero-order valence-corrected chi connectivity index (χ0v) is 18.4. The molecule has 0 spiro atoms. The molecule has 1 unspecified atom stereocenters. The van der Waals surface area contributed by atoms with E-state index in [0.29, 0.717) is 41.7 Å². The highest BCUT2D eigenvalue weighted by molar-refractivity contribution is 7.13. The van der Waals surface area contributed by atoms with Crippen LogP contribution in [0.5, 0.6) is 0 Å². The second-order valence-corrected chi connectivity index (χ2v) is 8.74. The number of aromatic nitrogens is 1. The maximum Gasteiger partial charge on any atom is 0.254 e. The minimum absolute atomic E-state index is 0.154. The number of nitrogens with zero attached hydrogens (tertiary/aromatic N) is 2. The Morgan fingerprint density at radius 1 is 1.13 bits per heavy atom. The molecule has 2 aromatic carbocycles. The van der Waals surface area contributed by atoms with Crippen molar-refractivity contribution in [1.29, 1.82) is 0 Å². The molecule has 156 valence electrons. The third-order valence-corrected chi connectivity index (χ3v) is 6.28. The number of hydrogen-bond donors (Lipinski definition) is 2. The molecular weight excluding hydrogens is 443 g/mol. The average molecular weight is 463 g/mol. The van der Waals surface area contributed by atoms with Gasteiger partial charge in [0, 0.05) is 40.6 Å². The van der Waals surface area contributed by atoms with Gasteiger partial charge in [0.25, 0.3) is 5.91 Å². The Balaban J connectivity index is 1.33. The molecule has 30 heavy (non-hydrogen) atoms. The minimum Gasteiger partial charge on any atom is -0.367 e. The lowest BCUT2D eigenvalue weighted by atomic mass is 10.1. The summed E-state index contributed by atoms with van der Waals surface area (Å²) in [6.07, 6.45) is 1.41. The predicted molar refractivity (Wildman–Crippen MR) is 122 cm³/mol. The van der Waals surface area contributed by atoms with Crippen LogP contribution in [0.2, 0.25) is 10.0 Å². The molecule has 9 heteroatoms. The summed E-state index contributed by atoms with van der Waals surface area (Å²) in [5, 5.41) is 8.04. The molecule has 2 N–H and O–H groups in total. The fourth-order valence-electron chi connectivity index (χ4n) is 3.62. The van der Waals surface area contributed by atoms with Crippen LogP contribution in [-0.2, 0) is 4.79 Å². The molecule has 4 rings (SSSR count). The largest absolute Gasteiger partial charge is 0.367 e. The lowest BCUT2D eigenvalue weighted by Gasteiger charge is -2.24. The average Bonchev–Trinajstić information content (AvgIpc) is 3.37. The van der Waals surface area contributed by atoms with Gasteiger partial charge in [0.1, 0.15) is 11.9 Å². The van der Waals surface area contributed by atoms with E-state index in [2.05, 4.69) is 15.0 Å². The first-order chi connectivity index (χ1) is 14.5. The van der Waals surface area contributed by atoms with Gasteiger partial charge >= 0.3 is 0 Å². The molecule has 2 amide bonds. The van der Waals surface area contributed by atoms with Crippen molar-refractivity contribution in [3.8, 4) is 0 Å². The molecule has 1 aliphatic rings. The van der Waals surface area contributed by atoms with E-state index in [1.165, 1.54) is 11.5 Å². The first-order valence-corrected chi connectivity index (χ1v) is 11.2. The zero-order valence-electron chi connectivity index (χ0n) is 16.0. The summed E-state index contributed by atoms with van der Waals surface area (Å²) in [7, 11) is 0. The standard InChI is InChI=1S/C21H20Cl2N4O2S/c22-14-10-13(11-15(23)12-14)21(29)27-9-3-5-17(27)20(28)25-8-7-24-19-16-4-1-2-6-18(16)30-26-19/h1-2,4,6,10-12,17H,3,5,7-9H2,(H,24,26)(H,25,28). The third kappa shape index (κ3) is 4.53. The van der Waals surface area contributed by atoms with Gasteiger partial charge in [-0.3, -0.25) is 9.59 Å². The fraction of sp³-hybridized carbons (Fsp3) is 0.286. The highest BCUT2D eigenvalue weighted by Crippen LogP contribution is 2.26. The Bertz CT molecular complexity index is 1070. The SMILES string of the molecule is O=C(NCCNc1nsc2ccccc12)C1CCCN1C(=O)c1cc(Cl)cc(Cl)c1. The first kappa shape index (κ1) is 20.9. The van der Waals surface area contributed by atoms with E-state index < -0.39 is 6.04 Å². The molecular formula is C21H20Cl2N4O2S. The van der Waals surface area contributed by atoms with Crippen LogP contribution in [-0.4, -0.2) is 46.8 Å². The summed E-state index contributed by atoms with van der Waals surface area (Å²) < 4.78 is 5.53. The molecule has 1 aliphatic heterocycles. The van der Waals surface area contributed by atoms with E-state index >= 15 is 0 Å². The molecule has 0 aliphatic carbocycles. The normalized spacial score (nSPS) is 16.1. The summed E-state index contributed by atoms with van der Waals surface area (Å²) in [6.45, 7) is 1.51. The number of hydrogen-bond acceptors (Lipinski definition) is 5. The van der Waals surface area contributed by atoms with Crippen LogP contribution in [0.1, 0.15) is 23.2 Å². The highest BCUT2D eigenvalue weighted by atomic mass is 35.5. The maximum absolute atomic E-state index is 12.9. The lowest BCUT2D eigenvalue weighted by Crippen LogP contribution is -2.46. The number of nitrogens with one attached hydrogen (secondary N) is 2. The molecule has 6 nitrogen and oxygen atoms in total. The lowest BCUT2D eigenvalue weighted by molar-refractivity contribution is -0.124. The van der Waals surface area contributed by atoms with E-state index in [-0.39, 0.29) is 11.8 Å². The summed E-state index contributed by atoms with van der Waals surface area (Å²) in [5.74, 6) is 0.434. The second kappa shape index (κ2) is 9.20. The molecule has 0 bridgehead atoms. The van der Waals surface area contributed by atoms with Crippen LogP contribution < -0.4 is 10.6 Å². The van der Waals surface area contributed by atoms with Crippen molar-refractivity contribution in [2.75, 3.05) is 25.0 Å². The highest BCUT2D eigenvalue weighted by Gasteiger charge is 2.34. The molecule has 1 saturated heterocycles. The molecule has 0 saturated carbocycles. The summed E-state index contributed by atoms with van der Waals surface area (Å²) in [4.78, 5) is 27.2. The third-order valence-electron chi connectivity index (χ3n) is 5.02. The number of halogens is 2. The molecule has 1 fully saturated rings. The number of likely N-dealkylation sites (tertiary alicyclic amines) is 1. The fourth-order valence-corrected chi connectivity index (χ4v) is 4.90. The van der Waals surface area contributed by atoms with Crippen LogP contribution in [0.25, 0.3) is 10.1 Å². The van der Waals surface area contributed by atoms with Gasteiger partial charge in [-0.15, -0.1) is 0 Å². The summed E-state index contributed by atoms with van der Waals surface area (Å²) in [5.41, 5.74) is 0.393. The molecule has 2 heterocycles. The number of benzene rings is 2. The topological polar surface area (TPSA) is 74.3 Å². The Hall–Kier alpha value is -2.35. The van der Waals surface area contributed by atoms with Crippen LogP contribution in [0.4, 0.5) is 5.82 Å². The van der Waals surface area contributed by atoms with Gasteiger partial charge < -0.3 is 15.5 Å². The molecule has 3 aromatic rings. The second-order valence-electron chi connectivity index (χ2n) is 7.06. The molecule has 1 atom stereocenters. The van der Waals surface area contributed by atoms with Crippen LogP contribution in [0.15, 0.2) is 42.5 Å². The monoisotopic (exact) mass is 462 g/mol. The van der Waals surface area contributed by atoms with Crippen LogP contribution >= 0.6 is 34.7 Å². The Labute approximate surface area is 188 Å². The van der Waals surface area contributed by atoms with Crippen molar-refractivity contribution in [1.82, 2.24) is 14.6 Å². The number of anilines is 1. The van der Waals surface area contributed by atoms with E-state index in [1.54, 1.807) is 23.1 Å². The first-order valence-electron chi connectivity index (χ1n) is 9.66. The molecule has 0 radical (unpaired) electrons. The summed E-state index contributed by atoms with van der Waals surface area (Å²) in [6, 6.07) is 12.2. The summed E-state index contributed by atoms with van der Waals surface area (Å²) >= 11 is 13.5. The van der Waals surface area contributed by atoms with Crippen molar-refractivity contribution in [3.63, 3.8) is 0 Å². The van der Waals surface area contributed by atoms with Crippen LogP contribution in [0, 0.1) is 0 Å². The number of carbonyl (C=O) groups is 2. The van der Waals surface area contributed by atoms with Gasteiger partial charge in [-0.1, -0.05) is 35.3 Å². The minimum atomic E-state index is -0.490. The number of fused-ring (bicyclic) bond motifs is 1. The van der Waals surface area contributed by atoms with Crippen molar-refractivity contribution >= 4 is 62.5 Å². The maximum atomic E-state index is 12.9. The van der Waals surface area contributed by atoms with Crippen molar-refractivity contribution in [2.45, 2.75) is 18.9 Å². The van der Waals surface area contributed by atoms with Crippen molar-refractivity contribution in [3.05, 3.63) is 58.1 Å². The van der Waals surface area contributed by atoms with E-state index in [0.717, 1.165) is 22.3 Å². The van der Waals surface area contributed by atoms with Crippen molar-refractivity contribution in [2.24, 2.45) is 0 Å².